The van der Waals surface area contributed by atoms with E-state index in [1.807, 2.05) is 30.5 Å². The zero-order chi connectivity index (χ0) is 19.2. The molecule has 7 heteroatoms. The van der Waals surface area contributed by atoms with Crippen molar-refractivity contribution in [3.63, 3.8) is 0 Å². The molecular formula is C20H22N4O3. The number of carbonyl (C=O) groups is 1. The summed E-state index contributed by atoms with van der Waals surface area (Å²) in [6, 6.07) is 9.72. The number of nitrogens with zero attached hydrogens (tertiary/aromatic N) is 4. The summed E-state index contributed by atoms with van der Waals surface area (Å²) in [6.45, 7) is 1.92. The molecular weight excluding hydrogens is 344 g/mol. The second kappa shape index (κ2) is 8.44. The van der Waals surface area contributed by atoms with Gasteiger partial charge in [0.05, 0.1) is 19.0 Å². The monoisotopic (exact) mass is 366 g/mol. The number of carboxylic acids is 1. The first-order valence-corrected chi connectivity index (χ1v) is 8.86. The van der Waals surface area contributed by atoms with Crippen LogP contribution in [0.25, 0.3) is 22.5 Å². The maximum atomic E-state index is 10.9. The van der Waals surface area contributed by atoms with Crippen molar-refractivity contribution in [1.29, 1.82) is 0 Å². The van der Waals surface area contributed by atoms with Crippen molar-refractivity contribution < 1.29 is 14.6 Å². The summed E-state index contributed by atoms with van der Waals surface area (Å²) in [6.07, 6.45) is 6.64. The first-order chi connectivity index (χ1) is 13.1. The van der Waals surface area contributed by atoms with Crippen molar-refractivity contribution in [3.05, 3.63) is 48.3 Å². The molecule has 0 aliphatic carbocycles. The van der Waals surface area contributed by atoms with Gasteiger partial charge < -0.3 is 9.84 Å². The number of hydrogen-bond acceptors (Lipinski definition) is 5. The zero-order valence-electron chi connectivity index (χ0n) is 15.4. The maximum Gasteiger partial charge on any atom is 0.325 e. The molecule has 27 heavy (non-hydrogen) atoms. The van der Waals surface area contributed by atoms with Gasteiger partial charge in [-0.2, -0.15) is 0 Å². The summed E-state index contributed by atoms with van der Waals surface area (Å²) in [4.78, 5) is 15.6. The van der Waals surface area contributed by atoms with Gasteiger partial charge in [-0.1, -0.05) is 18.6 Å². The highest BCUT2D eigenvalue weighted by Crippen LogP contribution is 2.31. The average molecular weight is 366 g/mol. The Kier molecular flexibility index (Phi) is 5.80. The van der Waals surface area contributed by atoms with Crippen LogP contribution in [-0.4, -0.2) is 38.2 Å². The Balaban J connectivity index is 2.03. The first-order valence-electron chi connectivity index (χ1n) is 8.86. The predicted octanol–water partition coefficient (Wildman–Crippen LogP) is 3.44. The highest BCUT2D eigenvalue weighted by molar-refractivity contribution is 5.79. The summed E-state index contributed by atoms with van der Waals surface area (Å²) in [5.74, 6) is -0.191. The molecule has 0 aliphatic rings. The zero-order valence-corrected chi connectivity index (χ0v) is 15.4. The SMILES string of the molecule is CCCCc1cnc(-c2ccc(OC)cc2)c(-c2cn(CC(=O)O)nn2)c1. The van der Waals surface area contributed by atoms with E-state index < -0.39 is 5.97 Å². The van der Waals surface area contributed by atoms with Crippen LogP contribution in [0.2, 0.25) is 0 Å². The smallest absolute Gasteiger partial charge is 0.325 e. The van der Waals surface area contributed by atoms with Crippen LogP contribution in [0.3, 0.4) is 0 Å². The highest BCUT2D eigenvalue weighted by atomic mass is 16.5. The van der Waals surface area contributed by atoms with Gasteiger partial charge in [0.15, 0.2) is 0 Å². The Morgan fingerprint density at radius 2 is 2.04 bits per heavy atom. The number of benzene rings is 1. The van der Waals surface area contributed by atoms with Gasteiger partial charge in [-0.05, 0) is 48.7 Å². The van der Waals surface area contributed by atoms with Crippen LogP contribution in [-0.2, 0) is 17.8 Å². The largest absolute Gasteiger partial charge is 0.497 e. The minimum Gasteiger partial charge on any atom is -0.497 e. The van der Waals surface area contributed by atoms with Gasteiger partial charge in [-0.3, -0.25) is 9.78 Å². The topological polar surface area (TPSA) is 90.1 Å². The highest BCUT2D eigenvalue weighted by Gasteiger charge is 2.14. The van der Waals surface area contributed by atoms with Crippen molar-refractivity contribution in [1.82, 2.24) is 20.0 Å². The molecule has 1 N–H and O–H groups in total. The molecule has 2 heterocycles. The molecule has 0 amide bonds. The number of aryl methyl sites for hydroxylation is 1. The molecule has 0 saturated carbocycles. The van der Waals surface area contributed by atoms with Gasteiger partial charge in [0.25, 0.3) is 0 Å². The molecule has 0 unspecified atom stereocenters. The van der Waals surface area contributed by atoms with E-state index in [0.717, 1.165) is 47.4 Å². The number of aliphatic carboxylic acids is 1. The summed E-state index contributed by atoms with van der Waals surface area (Å²) in [5, 5.41) is 17.0. The third-order valence-corrected chi connectivity index (χ3v) is 4.24. The van der Waals surface area contributed by atoms with Crippen molar-refractivity contribution >= 4 is 5.97 Å². The molecule has 1 aromatic carbocycles. The molecule has 0 aliphatic heterocycles. The Hall–Kier alpha value is -3.22. The van der Waals surface area contributed by atoms with Crippen LogP contribution in [0.5, 0.6) is 5.75 Å². The van der Waals surface area contributed by atoms with Gasteiger partial charge in [0, 0.05) is 17.3 Å². The van der Waals surface area contributed by atoms with E-state index in [4.69, 9.17) is 9.84 Å². The second-order valence-corrected chi connectivity index (χ2v) is 6.27. The normalized spacial score (nSPS) is 10.7. The molecule has 140 valence electrons. The van der Waals surface area contributed by atoms with Gasteiger partial charge in [-0.25, -0.2) is 4.68 Å². The number of rotatable bonds is 8. The lowest BCUT2D eigenvalue weighted by molar-refractivity contribution is -0.137. The Bertz CT molecular complexity index is 919. The minimum atomic E-state index is -0.961. The minimum absolute atomic E-state index is 0.228. The molecule has 3 aromatic rings. The van der Waals surface area contributed by atoms with Crippen LogP contribution >= 0.6 is 0 Å². The van der Waals surface area contributed by atoms with Gasteiger partial charge >= 0.3 is 5.97 Å². The molecule has 0 saturated heterocycles. The number of carboxylic acid groups (broad SMARTS) is 1. The van der Waals surface area contributed by atoms with E-state index in [-0.39, 0.29) is 6.54 Å². The lowest BCUT2D eigenvalue weighted by atomic mass is 10.00. The molecule has 0 bridgehead atoms. The third-order valence-electron chi connectivity index (χ3n) is 4.24. The standard InChI is InChI=1S/C20H22N4O3/c1-3-4-5-14-10-17(18-12-24(23-22-18)13-19(25)26)20(21-11-14)15-6-8-16(27-2)9-7-15/h6-12H,3-5,13H2,1-2H3,(H,25,26). The van der Waals surface area contributed by atoms with Crippen LogP contribution in [0.15, 0.2) is 42.7 Å². The summed E-state index contributed by atoms with van der Waals surface area (Å²) in [5.41, 5.74) is 4.27. The van der Waals surface area contributed by atoms with Gasteiger partial charge in [0.2, 0.25) is 0 Å². The van der Waals surface area contributed by atoms with Crippen molar-refractivity contribution in [3.8, 4) is 28.3 Å². The van der Waals surface area contributed by atoms with E-state index in [2.05, 4.69) is 28.3 Å². The van der Waals surface area contributed by atoms with Crippen molar-refractivity contribution in [2.24, 2.45) is 0 Å². The maximum absolute atomic E-state index is 10.9. The number of aromatic nitrogens is 4. The lowest BCUT2D eigenvalue weighted by Crippen LogP contribution is -2.08. The lowest BCUT2D eigenvalue weighted by Gasteiger charge is -2.10. The van der Waals surface area contributed by atoms with Crippen molar-refractivity contribution in [2.45, 2.75) is 32.7 Å². The summed E-state index contributed by atoms with van der Waals surface area (Å²) >= 11 is 0. The number of unbranched alkanes of at least 4 members (excludes halogenated alkanes) is 1. The number of hydrogen-bond donors (Lipinski definition) is 1. The van der Waals surface area contributed by atoms with E-state index in [9.17, 15) is 4.79 Å². The van der Waals surface area contributed by atoms with E-state index in [0.29, 0.717) is 5.69 Å². The molecule has 7 nitrogen and oxygen atoms in total. The molecule has 0 spiro atoms. The Labute approximate surface area is 157 Å². The molecule has 0 radical (unpaired) electrons. The van der Waals surface area contributed by atoms with Gasteiger partial charge in [-0.15, -0.1) is 5.10 Å². The molecule has 0 atom stereocenters. The number of pyridine rings is 1. The fourth-order valence-electron chi connectivity index (χ4n) is 2.84. The number of ether oxygens (including phenoxy) is 1. The summed E-state index contributed by atoms with van der Waals surface area (Å²) in [7, 11) is 1.63. The van der Waals surface area contributed by atoms with Gasteiger partial charge in [0.1, 0.15) is 18.0 Å². The third kappa shape index (κ3) is 4.49. The Morgan fingerprint density at radius 1 is 1.26 bits per heavy atom. The predicted molar refractivity (Wildman–Crippen MR) is 101 cm³/mol. The molecule has 0 fully saturated rings. The average Bonchev–Trinajstić information content (AvgIpc) is 3.14. The second-order valence-electron chi connectivity index (χ2n) is 6.27. The fraction of sp³-hybridized carbons (Fsp3) is 0.300. The first kappa shape index (κ1) is 18.6. The molecule has 2 aromatic heterocycles. The van der Waals surface area contributed by atoms with Crippen molar-refractivity contribution in [2.75, 3.05) is 7.11 Å². The van der Waals surface area contributed by atoms with E-state index in [1.54, 1.807) is 13.3 Å². The van der Waals surface area contributed by atoms with Crippen LogP contribution in [0.1, 0.15) is 25.3 Å². The van der Waals surface area contributed by atoms with Crippen LogP contribution in [0, 0.1) is 0 Å². The van der Waals surface area contributed by atoms with Crippen LogP contribution < -0.4 is 4.74 Å². The van der Waals surface area contributed by atoms with Crippen LogP contribution in [0.4, 0.5) is 0 Å². The fourth-order valence-corrected chi connectivity index (χ4v) is 2.84. The molecule has 3 rings (SSSR count). The van der Waals surface area contributed by atoms with E-state index >= 15 is 0 Å². The Morgan fingerprint density at radius 3 is 2.70 bits per heavy atom. The summed E-state index contributed by atoms with van der Waals surface area (Å²) < 4.78 is 6.54. The number of methoxy groups -OCH3 is 1. The quantitative estimate of drug-likeness (QED) is 0.657. The van der Waals surface area contributed by atoms with E-state index in [1.165, 1.54) is 4.68 Å².